The number of rotatable bonds is 6. The number of amides is 1. The molecule has 1 amide bonds. The summed E-state index contributed by atoms with van der Waals surface area (Å²) in [6.45, 7) is 7.01. The van der Waals surface area contributed by atoms with Gasteiger partial charge in [-0.05, 0) is 63.9 Å². The Morgan fingerprint density at radius 3 is 2.74 bits per heavy atom. The Morgan fingerprint density at radius 2 is 2.04 bits per heavy atom. The van der Waals surface area contributed by atoms with Crippen molar-refractivity contribution >= 4 is 11.6 Å². The molecule has 0 aliphatic heterocycles. The summed E-state index contributed by atoms with van der Waals surface area (Å²) in [4.78, 5) is 21.9. The Bertz CT molecular complexity index is 817. The monoisotopic (exact) mass is 370 g/mol. The van der Waals surface area contributed by atoms with Gasteiger partial charge >= 0.3 is 0 Å². The number of hydrogen-bond donors (Lipinski definition) is 1. The fourth-order valence-corrected chi connectivity index (χ4v) is 4.90. The van der Waals surface area contributed by atoms with Gasteiger partial charge in [0.05, 0.1) is 6.10 Å². The number of fused-ring (bicyclic) bond motifs is 3. The molecule has 0 aromatic carbocycles. The van der Waals surface area contributed by atoms with Crippen molar-refractivity contribution in [2.75, 3.05) is 6.61 Å². The van der Waals surface area contributed by atoms with Crippen LogP contribution in [-0.2, 0) is 4.74 Å². The van der Waals surface area contributed by atoms with Crippen LogP contribution in [0.15, 0.2) is 12.4 Å². The van der Waals surface area contributed by atoms with Crippen LogP contribution in [0.3, 0.4) is 0 Å². The first-order chi connectivity index (χ1) is 13.1. The van der Waals surface area contributed by atoms with Gasteiger partial charge in [-0.2, -0.15) is 0 Å². The van der Waals surface area contributed by atoms with Crippen LogP contribution in [-0.4, -0.2) is 39.0 Å². The van der Waals surface area contributed by atoms with Gasteiger partial charge in [0, 0.05) is 24.0 Å². The van der Waals surface area contributed by atoms with Crippen molar-refractivity contribution in [3.05, 3.63) is 29.5 Å². The lowest BCUT2D eigenvalue weighted by Gasteiger charge is -2.35. The summed E-state index contributed by atoms with van der Waals surface area (Å²) in [6.07, 6.45) is 8.85. The molecule has 2 bridgehead atoms. The molecule has 2 heterocycles. The fourth-order valence-electron chi connectivity index (χ4n) is 4.90. The number of imidazole rings is 1. The summed E-state index contributed by atoms with van der Waals surface area (Å²) in [7, 11) is 0. The summed E-state index contributed by atoms with van der Waals surface area (Å²) in [5, 5.41) is 3.29. The van der Waals surface area contributed by atoms with Crippen LogP contribution < -0.4 is 5.32 Å². The third-order valence-electron chi connectivity index (χ3n) is 6.24. The highest BCUT2D eigenvalue weighted by molar-refractivity contribution is 5.98. The summed E-state index contributed by atoms with van der Waals surface area (Å²) < 4.78 is 7.96. The zero-order chi connectivity index (χ0) is 19.0. The SMILES string of the molecule is CCCCOC1C[C@H]2CC[C@@H](C1)C2NC(=O)c1ncn2c(C)cc(C)nc12. The number of hydrogen-bond acceptors (Lipinski definition) is 4. The maximum Gasteiger partial charge on any atom is 0.274 e. The van der Waals surface area contributed by atoms with Crippen LogP contribution in [0.5, 0.6) is 0 Å². The van der Waals surface area contributed by atoms with Crippen LogP contribution in [0.1, 0.15) is 67.3 Å². The molecule has 2 saturated carbocycles. The van der Waals surface area contributed by atoms with E-state index in [-0.39, 0.29) is 11.9 Å². The van der Waals surface area contributed by atoms with Gasteiger partial charge < -0.3 is 10.1 Å². The Hall–Kier alpha value is -1.95. The molecule has 0 radical (unpaired) electrons. The first-order valence-electron chi connectivity index (χ1n) is 10.3. The Kier molecular flexibility index (Phi) is 5.17. The van der Waals surface area contributed by atoms with Gasteiger partial charge in [0.2, 0.25) is 0 Å². The lowest BCUT2D eigenvalue weighted by Crippen LogP contribution is -2.46. The Morgan fingerprint density at radius 1 is 1.30 bits per heavy atom. The molecule has 2 aromatic rings. The minimum absolute atomic E-state index is 0.0951. The molecule has 1 N–H and O–H groups in total. The van der Waals surface area contributed by atoms with Crippen LogP contribution >= 0.6 is 0 Å². The second-order valence-electron chi connectivity index (χ2n) is 8.24. The van der Waals surface area contributed by atoms with E-state index in [1.165, 1.54) is 19.3 Å². The zero-order valence-corrected chi connectivity index (χ0v) is 16.6. The molecule has 6 nitrogen and oxygen atoms in total. The van der Waals surface area contributed by atoms with Crippen molar-refractivity contribution in [1.29, 1.82) is 0 Å². The van der Waals surface area contributed by atoms with E-state index in [9.17, 15) is 4.79 Å². The minimum Gasteiger partial charge on any atom is -0.378 e. The van der Waals surface area contributed by atoms with Crippen molar-refractivity contribution in [2.45, 2.75) is 71.4 Å². The van der Waals surface area contributed by atoms with Crippen LogP contribution in [0.25, 0.3) is 5.65 Å². The highest BCUT2D eigenvalue weighted by Gasteiger charge is 2.44. The molecule has 6 heteroatoms. The van der Waals surface area contributed by atoms with Crippen LogP contribution in [0, 0.1) is 25.7 Å². The van der Waals surface area contributed by atoms with Gasteiger partial charge in [0.15, 0.2) is 11.3 Å². The maximum atomic E-state index is 13.0. The van der Waals surface area contributed by atoms with E-state index in [2.05, 4.69) is 22.2 Å². The first kappa shape index (κ1) is 18.4. The van der Waals surface area contributed by atoms with E-state index >= 15 is 0 Å². The van der Waals surface area contributed by atoms with Crippen molar-refractivity contribution in [2.24, 2.45) is 11.8 Å². The molecule has 146 valence electrons. The van der Waals surface area contributed by atoms with Gasteiger partial charge in [-0.1, -0.05) is 13.3 Å². The number of unbranched alkanes of at least 4 members (excludes halogenated alkanes) is 1. The molecular formula is C21H30N4O2. The number of carbonyl (C=O) groups excluding carboxylic acids is 1. The van der Waals surface area contributed by atoms with E-state index in [1.54, 1.807) is 6.33 Å². The van der Waals surface area contributed by atoms with E-state index in [0.717, 1.165) is 37.3 Å². The molecule has 0 spiro atoms. The third-order valence-corrected chi connectivity index (χ3v) is 6.24. The smallest absolute Gasteiger partial charge is 0.274 e. The summed E-state index contributed by atoms with van der Waals surface area (Å²) in [6, 6.07) is 2.24. The second kappa shape index (κ2) is 7.58. The second-order valence-corrected chi connectivity index (χ2v) is 8.24. The van der Waals surface area contributed by atoms with Crippen molar-refractivity contribution < 1.29 is 9.53 Å². The topological polar surface area (TPSA) is 68.5 Å². The summed E-state index contributed by atoms with van der Waals surface area (Å²) in [5.41, 5.74) is 3.02. The number of ether oxygens (including phenoxy) is 1. The molecule has 2 unspecified atom stereocenters. The molecule has 2 aliphatic rings. The quantitative estimate of drug-likeness (QED) is 0.791. The van der Waals surface area contributed by atoms with Crippen molar-refractivity contribution in [3.8, 4) is 0 Å². The van der Waals surface area contributed by atoms with Crippen molar-refractivity contribution in [1.82, 2.24) is 19.7 Å². The van der Waals surface area contributed by atoms with Gasteiger partial charge in [-0.25, -0.2) is 9.97 Å². The number of nitrogens with one attached hydrogen (secondary N) is 1. The third kappa shape index (κ3) is 3.59. The molecule has 4 rings (SSSR count). The average molecular weight is 370 g/mol. The summed E-state index contributed by atoms with van der Waals surface area (Å²) in [5.74, 6) is 0.941. The van der Waals surface area contributed by atoms with Crippen LogP contribution in [0.4, 0.5) is 0 Å². The largest absolute Gasteiger partial charge is 0.378 e. The predicted molar refractivity (Wildman–Crippen MR) is 104 cm³/mol. The van der Waals surface area contributed by atoms with Gasteiger partial charge in [-0.15, -0.1) is 0 Å². The number of nitrogens with zero attached hydrogens (tertiary/aromatic N) is 3. The van der Waals surface area contributed by atoms with Gasteiger partial charge in [-0.3, -0.25) is 9.20 Å². The zero-order valence-electron chi connectivity index (χ0n) is 16.6. The van der Waals surface area contributed by atoms with Crippen molar-refractivity contribution in [3.63, 3.8) is 0 Å². The van der Waals surface area contributed by atoms with Gasteiger partial charge in [0.25, 0.3) is 5.91 Å². The average Bonchev–Trinajstić information content (AvgIpc) is 3.14. The fraction of sp³-hybridized carbons (Fsp3) is 0.667. The minimum atomic E-state index is -0.0951. The molecular weight excluding hydrogens is 340 g/mol. The summed E-state index contributed by atoms with van der Waals surface area (Å²) >= 11 is 0. The first-order valence-corrected chi connectivity index (χ1v) is 10.3. The lowest BCUT2D eigenvalue weighted by molar-refractivity contribution is -0.00121. The lowest BCUT2D eigenvalue weighted by atomic mass is 9.82. The molecule has 0 saturated heterocycles. The Balaban J connectivity index is 1.45. The van der Waals surface area contributed by atoms with Crippen LogP contribution in [0.2, 0.25) is 0 Å². The standard InChI is InChI=1S/C21H30N4O2/c1-4-5-8-27-17-10-15-6-7-16(11-17)18(15)24-21(26)19-20-23-13(2)9-14(3)25(20)12-22-19/h9,12,15-18H,4-8,10-11H2,1-3H3,(H,24,26)/t15-,16+,17?,18?. The molecule has 27 heavy (non-hydrogen) atoms. The highest BCUT2D eigenvalue weighted by Crippen LogP contribution is 2.43. The maximum absolute atomic E-state index is 13.0. The predicted octanol–water partition coefficient (Wildman–Crippen LogP) is 3.45. The highest BCUT2D eigenvalue weighted by atomic mass is 16.5. The Labute approximate surface area is 160 Å². The molecule has 2 fully saturated rings. The van der Waals surface area contributed by atoms with Gasteiger partial charge in [0.1, 0.15) is 6.33 Å². The molecule has 2 aliphatic carbocycles. The number of aromatic nitrogens is 3. The molecule has 4 atom stereocenters. The van der Waals surface area contributed by atoms with E-state index < -0.39 is 0 Å². The van der Waals surface area contributed by atoms with E-state index in [1.807, 2.05) is 24.3 Å². The number of carbonyl (C=O) groups is 1. The van der Waals surface area contributed by atoms with E-state index in [4.69, 9.17) is 4.74 Å². The molecule has 2 aromatic heterocycles. The normalized spacial score (nSPS) is 27.2. The number of aryl methyl sites for hydroxylation is 2. The van der Waals surface area contributed by atoms with E-state index in [0.29, 0.717) is 29.3 Å².